The number of rotatable bonds is 12. The summed E-state index contributed by atoms with van der Waals surface area (Å²) in [7, 11) is -4.31. The lowest BCUT2D eigenvalue weighted by Gasteiger charge is -2.35. The summed E-state index contributed by atoms with van der Waals surface area (Å²) >= 11 is 0. The summed E-state index contributed by atoms with van der Waals surface area (Å²) < 4.78 is 29.0. The molecule has 4 aromatic carbocycles. The molecule has 0 unspecified atom stereocenters. The topological polar surface area (TPSA) is 130 Å². The fourth-order valence-electron chi connectivity index (χ4n) is 5.00. The zero-order valence-electron chi connectivity index (χ0n) is 26.3. The summed E-state index contributed by atoms with van der Waals surface area (Å²) in [6.07, 6.45) is 0.184. The Hall–Kier alpha value is -5.03. The van der Waals surface area contributed by atoms with Crippen LogP contribution in [0.15, 0.2) is 114 Å². The van der Waals surface area contributed by atoms with Gasteiger partial charge in [-0.1, -0.05) is 78.4 Å². The second kappa shape index (κ2) is 14.4. The van der Waals surface area contributed by atoms with Crippen LogP contribution in [0.3, 0.4) is 0 Å². The number of benzene rings is 4. The highest BCUT2D eigenvalue weighted by Crippen LogP contribution is 2.27. The molecule has 240 valence electrons. The van der Waals surface area contributed by atoms with Gasteiger partial charge in [0.2, 0.25) is 11.8 Å². The maximum Gasteiger partial charge on any atom is 0.269 e. The van der Waals surface area contributed by atoms with Crippen molar-refractivity contribution >= 4 is 33.2 Å². The lowest BCUT2D eigenvalue weighted by atomic mass is 10.0. The second-order valence-corrected chi connectivity index (χ2v) is 13.9. The number of non-ortho nitro benzene ring substituents is 1. The normalized spacial score (nSPS) is 12.2. The number of carbonyl (C=O) groups is 2. The number of nitrogens with zero attached hydrogens (tertiary/aromatic N) is 3. The quantitative estimate of drug-likeness (QED) is 0.157. The Balaban J connectivity index is 1.82. The van der Waals surface area contributed by atoms with Crippen LogP contribution in [0.2, 0.25) is 0 Å². The van der Waals surface area contributed by atoms with E-state index in [1.165, 1.54) is 41.3 Å². The maximum absolute atomic E-state index is 14.5. The van der Waals surface area contributed by atoms with Crippen LogP contribution in [0.1, 0.15) is 37.5 Å². The van der Waals surface area contributed by atoms with E-state index in [1.807, 2.05) is 82.3 Å². The number of anilines is 1. The van der Waals surface area contributed by atoms with Crippen LogP contribution >= 0.6 is 0 Å². The van der Waals surface area contributed by atoms with Crippen LogP contribution in [-0.4, -0.2) is 48.2 Å². The Labute approximate surface area is 269 Å². The van der Waals surface area contributed by atoms with Gasteiger partial charge in [0.25, 0.3) is 15.7 Å². The van der Waals surface area contributed by atoms with Gasteiger partial charge in [-0.05, 0) is 63.1 Å². The van der Waals surface area contributed by atoms with Crippen molar-refractivity contribution in [3.05, 3.63) is 136 Å². The smallest absolute Gasteiger partial charge is 0.269 e. The van der Waals surface area contributed by atoms with Crippen LogP contribution in [0.5, 0.6) is 0 Å². The predicted molar refractivity (Wildman–Crippen MR) is 178 cm³/mol. The molecule has 0 fully saturated rings. The number of sulfonamides is 1. The Morgan fingerprint density at radius 3 is 2.00 bits per heavy atom. The van der Waals surface area contributed by atoms with Crippen LogP contribution in [-0.2, 0) is 32.6 Å². The molecule has 0 heterocycles. The molecule has 0 radical (unpaired) electrons. The average molecular weight is 643 g/mol. The van der Waals surface area contributed by atoms with Gasteiger partial charge >= 0.3 is 0 Å². The number of hydrogen-bond donors (Lipinski definition) is 1. The molecule has 46 heavy (non-hydrogen) atoms. The summed E-state index contributed by atoms with van der Waals surface area (Å²) in [5.41, 5.74) is 1.78. The molecular weight excluding hydrogens is 604 g/mol. The summed E-state index contributed by atoms with van der Waals surface area (Å²) in [6, 6.07) is 28.5. The first-order valence-electron chi connectivity index (χ1n) is 14.8. The van der Waals surface area contributed by atoms with Gasteiger partial charge in [0.1, 0.15) is 12.6 Å². The van der Waals surface area contributed by atoms with E-state index in [4.69, 9.17) is 0 Å². The molecule has 0 spiro atoms. The third-order valence-electron chi connectivity index (χ3n) is 7.16. The van der Waals surface area contributed by atoms with E-state index in [2.05, 4.69) is 5.32 Å². The van der Waals surface area contributed by atoms with Crippen molar-refractivity contribution in [2.24, 2.45) is 0 Å². The molecule has 4 aromatic rings. The average Bonchev–Trinajstić information content (AvgIpc) is 3.01. The molecule has 11 heteroatoms. The van der Waals surface area contributed by atoms with Crippen LogP contribution in [0.25, 0.3) is 0 Å². The third kappa shape index (κ3) is 8.79. The highest BCUT2D eigenvalue weighted by atomic mass is 32.2. The Bertz CT molecular complexity index is 1770. The highest BCUT2D eigenvalue weighted by Gasteiger charge is 2.35. The number of nitrogens with one attached hydrogen (secondary N) is 1. The first kappa shape index (κ1) is 33.9. The summed E-state index contributed by atoms with van der Waals surface area (Å²) in [5, 5.41) is 14.3. The molecule has 4 rings (SSSR count). The van der Waals surface area contributed by atoms with E-state index in [9.17, 15) is 28.1 Å². The van der Waals surface area contributed by atoms with E-state index in [-0.39, 0.29) is 35.1 Å². The van der Waals surface area contributed by atoms with Gasteiger partial charge in [0.05, 0.1) is 15.5 Å². The monoisotopic (exact) mass is 642 g/mol. The minimum atomic E-state index is -4.31. The van der Waals surface area contributed by atoms with Crippen LogP contribution < -0.4 is 9.62 Å². The van der Waals surface area contributed by atoms with Crippen molar-refractivity contribution in [3.63, 3.8) is 0 Å². The van der Waals surface area contributed by atoms with Gasteiger partial charge in [0, 0.05) is 30.6 Å². The molecule has 0 aliphatic rings. The van der Waals surface area contributed by atoms with Crippen molar-refractivity contribution in [2.45, 2.75) is 57.1 Å². The van der Waals surface area contributed by atoms with Gasteiger partial charge in [-0.2, -0.15) is 0 Å². The van der Waals surface area contributed by atoms with Gasteiger partial charge in [-0.25, -0.2) is 8.42 Å². The fourth-order valence-corrected chi connectivity index (χ4v) is 6.44. The number of carbonyl (C=O) groups excluding carboxylic acids is 2. The van der Waals surface area contributed by atoms with Crippen molar-refractivity contribution in [2.75, 3.05) is 10.8 Å². The van der Waals surface area contributed by atoms with E-state index in [1.54, 1.807) is 18.2 Å². The van der Waals surface area contributed by atoms with Crippen molar-refractivity contribution < 1.29 is 22.9 Å². The van der Waals surface area contributed by atoms with E-state index < -0.39 is 39.0 Å². The van der Waals surface area contributed by atoms with Crippen molar-refractivity contribution in [1.29, 1.82) is 0 Å². The Morgan fingerprint density at radius 1 is 0.848 bits per heavy atom. The molecule has 0 saturated carbocycles. The van der Waals surface area contributed by atoms with Crippen LogP contribution in [0, 0.1) is 17.0 Å². The standard InChI is InChI=1S/C35H38N4O6S/c1-26-12-11-15-28(22-26)24-37(32(34(41)36-35(2,3)4)23-27-13-7-5-8-14-27)33(40)25-38(29-18-20-30(21-19-29)39(42)43)46(44,45)31-16-9-6-10-17-31/h5-22,32H,23-25H2,1-4H3,(H,36,41)/t32-/m0/s1. The van der Waals surface area contributed by atoms with E-state index >= 15 is 0 Å². The molecule has 10 nitrogen and oxygen atoms in total. The van der Waals surface area contributed by atoms with Crippen LogP contribution in [0.4, 0.5) is 11.4 Å². The first-order valence-corrected chi connectivity index (χ1v) is 16.2. The number of aryl methyl sites for hydroxylation is 1. The third-order valence-corrected chi connectivity index (χ3v) is 8.95. The van der Waals surface area contributed by atoms with Gasteiger partial charge < -0.3 is 10.2 Å². The van der Waals surface area contributed by atoms with Crippen molar-refractivity contribution in [3.8, 4) is 0 Å². The number of nitro groups is 1. The SMILES string of the molecule is Cc1cccc(CN(C(=O)CN(c2ccc([N+](=O)[O-])cc2)S(=O)(=O)c2ccccc2)[C@@H](Cc2ccccc2)C(=O)NC(C)(C)C)c1. The zero-order valence-corrected chi connectivity index (χ0v) is 27.1. The van der Waals surface area contributed by atoms with Crippen molar-refractivity contribution in [1.82, 2.24) is 10.2 Å². The number of amides is 2. The largest absolute Gasteiger partial charge is 0.350 e. The molecular formula is C35H38N4O6S. The lowest BCUT2D eigenvalue weighted by Crippen LogP contribution is -2.56. The number of nitro benzene ring substituents is 1. The van der Waals surface area contributed by atoms with E-state index in [0.717, 1.165) is 21.0 Å². The molecule has 1 atom stereocenters. The Morgan fingerprint density at radius 2 is 1.43 bits per heavy atom. The molecule has 0 bridgehead atoms. The Kier molecular flexibility index (Phi) is 10.6. The molecule has 0 aliphatic heterocycles. The second-order valence-electron chi connectivity index (χ2n) is 12.1. The van der Waals surface area contributed by atoms with Gasteiger partial charge in [-0.15, -0.1) is 0 Å². The zero-order chi connectivity index (χ0) is 33.5. The molecule has 0 saturated heterocycles. The van der Waals surface area contributed by atoms with E-state index in [0.29, 0.717) is 0 Å². The molecule has 0 aliphatic carbocycles. The molecule has 0 aromatic heterocycles. The first-order chi connectivity index (χ1) is 21.7. The van der Waals surface area contributed by atoms with Gasteiger partial charge in [0.15, 0.2) is 0 Å². The lowest BCUT2D eigenvalue weighted by molar-refractivity contribution is -0.384. The maximum atomic E-state index is 14.5. The highest BCUT2D eigenvalue weighted by molar-refractivity contribution is 7.92. The number of hydrogen-bond acceptors (Lipinski definition) is 6. The summed E-state index contributed by atoms with van der Waals surface area (Å²) in [5.74, 6) is -1.01. The molecule has 2 amide bonds. The minimum Gasteiger partial charge on any atom is -0.350 e. The molecule has 1 N–H and O–H groups in total. The summed E-state index contributed by atoms with van der Waals surface area (Å²) in [6.45, 7) is 6.84. The summed E-state index contributed by atoms with van der Waals surface area (Å²) in [4.78, 5) is 40.5. The fraction of sp³-hybridized carbons (Fsp3) is 0.257. The van der Waals surface area contributed by atoms with Gasteiger partial charge in [-0.3, -0.25) is 24.0 Å². The predicted octanol–water partition coefficient (Wildman–Crippen LogP) is 5.65. The minimum absolute atomic E-state index is 0.0368.